The summed E-state index contributed by atoms with van der Waals surface area (Å²) in [5.41, 5.74) is 2.19. The second-order valence-corrected chi connectivity index (χ2v) is 4.31. The number of methoxy groups -OCH3 is 1. The molecule has 1 aliphatic rings. The van der Waals surface area contributed by atoms with Crippen LogP contribution in [0.15, 0.2) is 36.5 Å². The van der Waals surface area contributed by atoms with E-state index in [0.29, 0.717) is 23.6 Å². The van der Waals surface area contributed by atoms with Crippen molar-refractivity contribution < 1.29 is 14.3 Å². The summed E-state index contributed by atoms with van der Waals surface area (Å²) in [7, 11) is 1.51. The molecular weight excluding hydrogens is 242 g/mol. The molecule has 0 spiro atoms. The highest BCUT2D eigenvalue weighted by molar-refractivity contribution is 6.10. The van der Waals surface area contributed by atoms with E-state index in [9.17, 15) is 4.79 Å². The maximum atomic E-state index is 12.5. The molecule has 0 saturated heterocycles. The van der Waals surface area contributed by atoms with Gasteiger partial charge in [0.15, 0.2) is 5.78 Å². The van der Waals surface area contributed by atoms with Gasteiger partial charge in [0.05, 0.1) is 19.3 Å². The van der Waals surface area contributed by atoms with Gasteiger partial charge < -0.3 is 9.47 Å². The zero-order chi connectivity index (χ0) is 13.2. The molecule has 0 radical (unpaired) electrons. The third kappa shape index (κ3) is 2.05. The Labute approximate surface area is 111 Å². The molecule has 0 fully saturated rings. The molecule has 0 saturated carbocycles. The molecule has 96 valence electrons. The molecule has 1 aliphatic heterocycles. The quantitative estimate of drug-likeness (QED) is 0.789. The van der Waals surface area contributed by atoms with Crippen LogP contribution in [0.2, 0.25) is 0 Å². The summed E-state index contributed by atoms with van der Waals surface area (Å²) in [6.07, 6.45) is 2.45. The molecule has 19 heavy (non-hydrogen) atoms. The number of ketones is 1. The molecule has 0 atom stereocenters. The first-order valence-electron chi connectivity index (χ1n) is 6.09. The summed E-state index contributed by atoms with van der Waals surface area (Å²) in [5, 5.41) is 0. The molecule has 1 aromatic carbocycles. The fraction of sp³-hybridized carbons (Fsp3) is 0.200. The maximum Gasteiger partial charge on any atom is 0.224 e. The molecule has 0 N–H and O–H groups in total. The molecule has 4 nitrogen and oxygen atoms in total. The van der Waals surface area contributed by atoms with E-state index >= 15 is 0 Å². The Balaban J connectivity index is 2.00. The molecule has 0 aliphatic carbocycles. The van der Waals surface area contributed by atoms with Crippen LogP contribution in [0.25, 0.3) is 0 Å². The van der Waals surface area contributed by atoms with Gasteiger partial charge in [-0.15, -0.1) is 0 Å². The number of nitrogens with zero attached hydrogens (tertiary/aromatic N) is 1. The predicted molar refractivity (Wildman–Crippen MR) is 69.9 cm³/mol. The Bertz CT molecular complexity index is 637. The van der Waals surface area contributed by atoms with Crippen LogP contribution in [0.3, 0.4) is 0 Å². The summed E-state index contributed by atoms with van der Waals surface area (Å²) in [6.45, 7) is 0.684. The van der Waals surface area contributed by atoms with Gasteiger partial charge in [-0.2, -0.15) is 0 Å². The number of fused-ring (bicyclic) bond motifs is 1. The van der Waals surface area contributed by atoms with E-state index in [1.807, 2.05) is 12.1 Å². The highest BCUT2D eigenvalue weighted by atomic mass is 16.5. The number of hydrogen-bond donors (Lipinski definition) is 0. The standard InChI is InChI=1S/C15H13NO3/c1-18-15-12(3-2-7-16-15)14(17)11-4-5-13-10(9-11)6-8-19-13/h2-5,7,9H,6,8H2,1H3. The normalized spacial score (nSPS) is 12.7. The second-order valence-electron chi connectivity index (χ2n) is 4.31. The smallest absolute Gasteiger partial charge is 0.224 e. The molecule has 1 aromatic heterocycles. The van der Waals surface area contributed by atoms with E-state index in [-0.39, 0.29) is 5.78 Å². The molecule has 0 amide bonds. The number of carbonyl (C=O) groups is 1. The van der Waals surface area contributed by atoms with Crippen LogP contribution in [0.4, 0.5) is 0 Å². The molecular formula is C15H13NO3. The van der Waals surface area contributed by atoms with Crippen molar-refractivity contribution in [1.29, 1.82) is 0 Å². The summed E-state index contributed by atoms with van der Waals surface area (Å²) in [6, 6.07) is 8.96. The Morgan fingerprint density at radius 2 is 2.26 bits per heavy atom. The molecule has 0 unspecified atom stereocenters. The minimum atomic E-state index is -0.0837. The van der Waals surface area contributed by atoms with Gasteiger partial charge in [0, 0.05) is 18.2 Å². The van der Waals surface area contributed by atoms with Crippen LogP contribution in [0, 0.1) is 0 Å². The fourth-order valence-corrected chi connectivity index (χ4v) is 2.21. The maximum absolute atomic E-state index is 12.5. The van der Waals surface area contributed by atoms with Crippen molar-refractivity contribution in [3.05, 3.63) is 53.2 Å². The molecule has 0 bridgehead atoms. The van der Waals surface area contributed by atoms with E-state index in [1.54, 1.807) is 24.4 Å². The van der Waals surface area contributed by atoms with Gasteiger partial charge in [-0.3, -0.25) is 4.79 Å². The van der Waals surface area contributed by atoms with Gasteiger partial charge in [0.1, 0.15) is 5.75 Å². The number of ether oxygens (including phenoxy) is 2. The lowest BCUT2D eigenvalue weighted by atomic mass is 10.0. The van der Waals surface area contributed by atoms with Crippen LogP contribution >= 0.6 is 0 Å². The van der Waals surface area contributed by atoms with Crippen LogP contribution in [0.1, 0.15) is 21.5 Å². The number of rotatable bonds is 3. The lowest BCUT2D eigenvalue weighted by Crippen LogP contribution is -2.05. The second kappa shape index (κ2) is 4.72. The Morgan fingerprint density at radius 1 is 1.37 bits per heavy atom. The van der Waals surface area contributed by atoms with Crippen molar-refractivity contribution in [2.45, 2.75) is 6.42 Å². The van der Waals surface area contributed by atoms with Crippen LogP contribution < -0.4 is 9.47 Å². The number of aromatic nitrogens is 1. The Morgan fingerprint density at radius 3 is 3.11 bits per heavy atom. The van der Waals surface area contributed by atoms with Crippen molar-refractivity contribution in [1.82, 2.24) is 4.98 Å². The van der Waals surface area contributed by atoms with Crippen molar-refractivity contribution in [2.75, 3.05) is 13.7 Å². The van der Waals surface area contributed by atoms with Gasteiger partial charge in [-0.1, -0.05) is 0 Å². The van der Waals surface area contributed by atoms with E-state index in [4.69, 9.17) is 9.47 Å². The minimum Gasteiger partial charge on any atom is -0.493 e. The summed E-state index contributed by atoms with van der Waals surface area (Å²) < 4.78 is 10.6. The van der Waals surface area contributed by atoms with E-state index in [2.05, 4.69) is 4.98 Å². The molecule has 2 heterocycles. The third-order valence-electron chi connectivity index (χ3n) is 3.16. The average Bonchev–Trinajstić information content (AvgIpc) is 2.93. The predicted octanol–water partition coefficient (Wildman–Crippen LogP) is 2.26. The van der Waals surface area contributed by atoms with Gasteiger partial charge in [0.2, 0.25) is 5.88 Å². The SMILES string of the molecule is COc1ncccc1C(=O)c1ccc2c(c1)CCO2. The van der Waals surface area contributed by atoms with Gasteiger partial charge in [-0.05, 0) is 35.9 Å². The largest absolute Gasteiger partial charge is 0.493 e. The highest BCUT2D eigenvalue weighted by Crippen LogP contribution is 2.27. The molecule has 3 rings (SSSR count). The summed E-state index contributed by atoms with van der Waals surface area (Å²) >= 11 is 0. The highest BCUT2D eigenvalue weighted by Gasteiger charge is 2.18. The van der Waals surface area contributed by atoms with Gasteiger partial charge >= 0.3 is 0 Å². The van der Waals surface area contributed by atoms with E-state index in [0.717, 1.165) is 17.7 Å². The molecule has 2 aromatic rings. The monoisotopic (exact) mass is 255 g/mol. The van der Waals surface area contributed by atoms with Crippen molar-refractivity contribution in [3.63, 3.8) is 0 Å². The third-order valence-corrected chi connectivity index (χ3v) is 3.16. The topological polar surface area (TPSA) is 48.4 Å². The lowest BCUT2D eigenvalue weighted by Gasteiger charge is -2.07. The lowest BCUT2D eigenvalue weighted by molar-refractivity contribution is 0.103. The van der Waals surface area contributed by atoms with Gasteiger partial charge in [0.25, 0.3) is 0 Å². The Hall–Kier alpha value is -2.36. The van der Waals surface area contributed by atoms with Crippen LogP contribution in [-0.2, 0) is 6.42 Å². The number of pyridine rings is 1. The zero-order valence-corrected chi connectivity index (χ0v) is 10.6. The van der Waals surface area contributed by atoms with E-state index in [1.165, 1.54) is 7.11 Å². The first kappa shape index (κ1) is 11.7. The summed E-state index contributed by atoms with van der Waals surface area (Å²) in [5.74, 6) is 1.14. The first-order chi connectivity index (χ1) is 9.29. The first-order valence-corrected chi connectivity index (χ1v) is 6.09. The van der Waals surface area contributed by atoms with Crippen molar-refractivity contribution in [2.24, 2.45) is 0 Å². The Kier molecular flexibility index (Phi) is 2.91. The fourth-order valence-electron chi connectivity index (χ4n) is 2.21. The number of hydrogen-bond acceptors (Lipinski definition) is 4. The zero-order valence-electron chi connectivity index (χ0n) is 10.6. The average molecular weight is 255 g/mol. The van der Waals surface area contributed by atoms with Gasteiger partial charge in [-0.25, -0.2) is 4.98 Å². The number of carbonyl (C=O) groups excluding carboxylic acids is 1. The van der Waals surface area contributed by atoms with Crippen molar-refractivity contribution in [3.8, 4) is 11.6 Å². The molecule has 4 heteroatoms. The van der Waals surface area contributed by atoms with Crippen LogP contribution in [0.5, 0.6) is 11.6 Å². The van der Waals surface area contributed by atoms with E-state index < -0.39 is 0 Å². The van der Waals surface area contributed by atoms with Crippen LogP contribution in [-0.4, -0.2) is 24.5 Å². The number of benzene rings is 1. The summed E-state index contributed by atoms with van der Waals surface area (Å²) in [4.78, 5) is 16.5. The minimum absolute atomic E-state index is 0.0837. The van der Waals surface area contributed by atoms with Crippen molar-refractivity contribution >= 4 is 5.78 Å².